The highest BCUT2D eigenvalue weighted by Gasteiger charge is 2.04. The highest BCUT2D eigenvalue weighted by molar-refractivity contribution is 5.62. The van der Waals surface area contributed by atoms with E-state index in [0.717, 1.165) is 16.9 Å². The largest absolute Gasteiger partial charge is 0.508 e. The van der Waals surface area contributed by atoms with Gasteiger partial charge in [-0.25, -0.2) is 9.50 Å². The Hall–Kier alpha value is -2.36. The van der Waals surface area contributed by atoms with Gasteiger partial charge >= 0.3 is 0 Å². The lowest BCUT2D eigenvalue weighted by Crippen LogP contribution is -1.94. The molecule has 4 heteroatoms. The monoisotopic (exact) mass is 211 g/mol. The van der Waals surface area contributed by atoms with Crippen molar-refractivity contribution in [1.82, 2.24) is 14.6 Å². The van der Waals surface area contributed by atoms with Crippen LogP contribution in [-0.4, -0.2) is 19.7 Å². The van der Waals surface area contributed by atoms with E-state index >= 15 is 0 Å². The second-order valence-electron chi connectivity index (χ2n) is 3.48. The first kappa shape index (κ1) is 8.91. The zero-order valence-corrected chi connectivity index (χ0v) is 8.41. The minimum absolute atomic E-state index is 0.259. The number of phenols is 1. The smallest absolute Gasteiger partial charge is 0.155 e. The predicted molar refractivity (Wildman–Crippen MR) is 60.1 cm³/mol. The molecule has 0 saturated heterocycles. The number of hydrogen-bond acceptors (Lipinski definition) is 3. The average molecular weight is 211 g/mol. The van der Waals surface area contributed by atoms with E-state index in [1.165, 1.54) is 0 Å². The number of aromatic nitrogens is 3. The van der Waals surface area contributed by atoms with Crippen molar-refractivity contribution in [3.8, 4) is 17.0 Å². The summed E-state index contributed by atoms with van der Waals surface area (Å²) in [6.07, 6.45) is 3.46. The molecule has 0 atom stereocenters. The summed E-state index contributed by atoms with van der Waals surface area (Å²) in [6.45, 7) is 0. The Kier molecular flexibility index (Phi) is 1.86. The Bertz CT molecular complexity index is 628. The summed E-state index contributed by atoms with van der Waals surface area (Å²) in [5, 5.41) is 13.5. The predicted octanol–water partition coefficient (Wildman–Crippen LogP) is 2.10. The van der Waals surface area contributed by atoms with Gasteiger partial charge in [0.25, 0.3) is 0 Å². The molecular weight excluding hydrogens is 202 g/mol. The van der Waals surface area contributed by atoms with E-state index in [4.69, 9.17) is 0 Å². The van der Waals surface area contributed by atoms with E-state index in [-0.39, 0.29) is 5.75 Å². The molecule has 2 heterocycles. The van der Waals surface area contributed by atoms with Crippen LogP contribution in [0.25, 0.3) is 16.9 Å². The van der Waals surface area contributed by atoms with Gasteiger partial charge in [-0.15, -0.1) is 0 Å². The van der Waals surface area contributed by atoms with Crippen molar-refractivity contribution in [3.63, 3.8) is 0 Å². The van der Waals surface area contributed by atoms with Gasteiger partial charge in [0.1, 0.15) is 5.75 Å². The number of benzene rings is 1. The summed E-state index contributed by atoms with van der Waals surface area (Å²) in [7, 11) is 0. The number of rotatable bonds is 1. The van der Waals surface area contributed by atoms with Crippen LogP contribution in [0.5, 0.6) is 5.75 Å². The first-order valence-corrected chi connectivity index (χ1v) is 4.93. The Balaban J connectivity index is 2.25. The molecule has 2 aromatic heterocycles. The maximum absolute atomic E-state index is 9.24. The lowest BCUT2D eigenvalue weighted by atomic mass is 10.1. The normalized spacial score (nSPS) is 10.8. The molecule has 4 nitrogen and oxygen atoms in total. The standard InChI is InChI=1S/C12H9N3O/c16-10-3-1-9(2-4-10)11-5-7-13-12-6-8-14-15(11)12/h1-8,16H. The average Bonchev–Trinajstić information content (AvgIpc) is 2.78. The van der Waals surface area contributed by atoms with Gasteiger partial charge in [0.15, 0.2) is 5.65 Å². The van der Waals surface area contributed by atoms with Crippen LogP contribution in [-0.2, 0) is 0 Å². The molecule has 0 amide bonds. The van der Waals surface area contributed by atoms with Crippen LogP contribution in [0.15, 0.2) is 48.8 Å². The van der Waals surface area contributed by atoms with E-state index in [0.29, 0.717) is 0 Å². The fraction of sp³-hybridized carbons (Fsp3) is 0. The zero-order chi connectivity index (χ0) is 11.0. The van der Waals surface area contributed by atoms with Gasteiger partial charge in [0, 0.05) is 17.8 Å². The lowest BCUT2D eigenvalue weighted by Gasteiger charge is -2.04. The second-order valence-corrected chi connectivity index (χ2v) is 3.48. The summed E-state index contributed by atoms with van der Waals surface area (Å²) in [4.78, 5) is 4.20. The second kappa shape index (κ2) is 3.34. The van der Waals surface area contributed by atoms with Crippen LogP contribution in [0.4, 0.5) is 0 Å². The maximum Gasteiger partial charge on any atom is 0.155 e. The molecule has 0 aliphatic rings. The quantitative estimate of drug-likeness (QED) is 0.670. The van der Waals surface area contributed by atoms with Crippen molar-refractivity contribution >= 4 is 5.65 Å². The van der Waals surface area contributed by atoms with E-state index in [2.05, 4.69) is 10.1 Å². The molecule has 0 aliphatic heterocycles. The molecule has 0 radical (unpaired) electrons. The Morgan fingerprint density at radius 1 is 0.938 bits per heavy atom. The van der Waals surface area contributed by atoms with Gasteiger partial charge in [-0.05, 0) is 30.3 Å². The van der Waals surface area contributed by atoms with Crippen molar-refractivity contribution in [2.75, 3.05) is 0 Å². The third-order valence-corrected chi connectivity index (χ3v) is 2.45. The van der Waals surface area contributed by atoms with Crippen LogP contribution in [0.2, 0.25) is 0 Å². The van der Waals surface area contributed by atoms with Gasteiger partial charge in [0.05, 0.1) is 11.9 Å². The Morgan fingerprint density at radius 3 is 2.56 bits per heavy atom. The SMILES string of the molecule is Oc1ccc(-c2ccnc3ccnn23)cc1. The zero-order valence-electron chi connectivity index (χ0n) is 8.41. The van der Waals surface area contributed by atoms with E-state index in [9.17, 15) is 5.11 Å². The number of fused-ring (bicyclic) bond motifs is 1. The van der Waals surface area contributed by atoms with Crippen molar-refractivity contribution in [2.45, 2.75) is 0 Å². The fourth-order valence-electron chi connectivity index (χ4n) is 1.69. The van der Waals surface area contributed by atoms with Gasteiger partial charge < -0.3 is 5.11 Å². The molecule has 3 aromatic rings. The minimum atomic E-state index is 0.259. The summed E-state index contributed by atoms with van der Waals surface area (Å²) in [5.74, 6) is 0.259. The van der Waals surface area contributed by atoms with Crippen molar-refractivity contribution in [3.05, 3.63) is 48.8 Å². The van der Waals surface area contributed by atoms with Gasteiger partial charge in [-0.2, -0.15) is 5.10 Å². The van der Waals surface area contributed by atoms with Gasteiger partial charge in [0.2, 0.25) is 0 Å². The molecule has 0 aliphatic carbocycles. The molecular formula is C12H9N3O. The van der Waals surface area contributed by atoms with Crippen LogP contribution >= 0.6 is 0 Å². The highest BCUT2D eigenvalue weighted by atomic mass is 16.3. The Morgan fingerprint density at radius 2 is 1.75 bits per heavy atom. The van der Waals surface area contributed by atoms with E-state index in [1.807, 2.05) is 24.3 Å². The summed E-state index contributed by atoms with van der Waals surface area (Å²) >= 11 is 0. The van der Waals surface area contributed by atoms with Crippen LogP contribution in [0.3, 0.4) is 0 Å². The summed E-state index contributed by atoms with van der Waals surface area (Å²) in [5.41, 5.74) is 2.76. The lowest BCUT2D eigenvalue weighted by molar-refractivity contribution is 0.475. The maximum atomic E-state index is 9.24. The van der Waals surface area contributed by atoms with Crippen LogP contribution in [0.1, 0.15) is 0 Å². The van der Waals surface area contributed by atoms with Gasteiger partial charge in [-0.3, -0.25) is 0 Å². The number of nitrogens with zero attached hydrogens (tertiary/aromatic N) is 3. The third-order valence-electron chi connectivity index (χ3n) is 2.45. The summed E-state index contributed by atoms with van der Waals surface area (Å²) < 4.78 is 1.77. The Labute approximate surface area is 91.8 Å². The number of phenolic OH excluding ortho intramolecular Hbond substituents is 1. The van der Waals surface area contributed by atoms with Crippen molar-refractivity contribution < 1.29 is 5.11 Å². The molecule has 0 saturated carbocycles. The first-order valence-electron chi connectivity index (χ1n) is 4.93. The molecule has 0 bridgehead atoms. The molecule has 0 unspecified atom stereocenters. The third kappa shape index (κ3) is 1.32. The van der Waals surface area contributed by atoms with Gasteiger partial charge in [-0.1, -0.05) is 0 Å². The summed E-state index contributed by atoms with van der Waals surface area (Å²) in [6, 6.07) is 10.8. The fourth-order valence-corrected chi connectivity index (χ4v) is 1.69. The molecule has 1 N–H and O–H groups in total. The molecule has 0 spiro atoms. The molecule has 78 valence electrons. The first-order chi connectivity index (χ1) is 7.84. The molecule has 0 fully saturated rings. The van der Waals surface area contributed by atoms with Crippen LogP contribution in [0, 0.1) is 0 Å². The van der Waals surface area contributed by atoms with Crippen LogP contribution < -0.4 is 0 Å². The molecule has 16 heavy (non-hydrogen) atoms. The van der Waals surface area contributed by atoms with E-state index < -0.39 is 0 Å². The van der Waals surface area contributed by atoms with Crippen molar-refractivity contribution in [1.29, 1.82) is 0 Å². The van der Waals surface area contributed by atoms with Crippen molar-refractivity contribution in [2.24, 2.45) is 0 Å². The van der Waals surface area contributed by atoms with E-state index in [1.54, 1.807) is 29.0 Å². The molecule has 1 aromatic carbocycles. The topological polar surface area (TPSA) is 50.4 Å². The number of hydrogen-bond donors (Lipinski definition) is 1. The number of aromatic hydroxyl groups is 1. The minimum Gasteiger partial charge on any atom is -0.508 e. The highest BCUT2D eigenvalue weighted by Crippen LogP contribution is 2.21. The molecule has 3 rings (SSSR count).